The van der Waals surface area contributed by atoms with Crippen LogP contribution in [0, 0.1) is 17.7 Å². The van der Waals surface area contributed by atoms with Crippen molar-refractivity contribution in [2.24, 2.45) is 11.8 Å². The van der Waals surface area contributed by atoms with E-state index in [0.29, 0.717) is 18.4 Å². The molecule has 6 nitrogen and oxygen atoms in total. The smallest absolute Gasteiger partial charge is 0.320 e. The first kappa shape index (κ1) is 30.1. The van der Waals surface area contributed by atoms with Crippen molar-refractivity contribution in [2.75, 3.05) is 32.7 Å². The molecule has 45 heavy (non-hydrogen) atoms. The quantitative estimate of drug-likeness (QED) is 0.203. The summed E-state index contributed by atoms with van der Waals surface area (Å²) in [6.07, 6.45) is 6.37. The number of aliphatic carboxylic acids is 1. The zero-order valence-corrected chi connectivity index (χ0v) is 26.3. The molecule has 3 unspecified atom stereocenters. The van der Waals surface area contributed by atoms with Gasteiger partial charge >= 0.3 is 5.97 Å². The molecular formula is C38H45FN4O2. The van der Waals surface area contributed by atoms with Gasteiger partial charge in [0.05, 0.1) is 5.69 Å². The van der Waals surface area contributed by atoms with Crippen LogP contribution in [0.4, 0.5) is 4.39 Å². The molecular weight excluding hydrogens is 563 g/mol. The van der Waals surface area contributed by atoms with E-state index in [1.54, 1.807) is 12.1 Å². The second-order valence-electron chi connectivity index (χ2n) is 13.6. The lowest BCUT2D eigenvalue weighted by atomic mass is 9.80. The number of carboxylic acid groups (broad SMARTS) is 1. The number of hydrogen-bond donors (Lipinski definition) is 1. The number of carboxylic acids is 1. The Labute approximate surface area is 265 Å². The number of likely N-dealkylation sites (tertiary alicyclic amines) is 2. The van der Waals surface area contributed by atoms with E-state index >= 15 is 0 Å². The van der Waals surface area contributed by atoms with Crippen LogP contribution in [-0.2, 0) is 11.3 Å². The van der Waals surface area contributed by atoms with Gasteiger partial charge in [0.1, 0.15) is 11.9 Å². The summed E-state index contributed by atoms with van der Waals surface area (Å²) in [5, 5.41) is 17.7. The predicted molar refractivity (Wildman–Crippen MR) is 177 cm³/mol. The first-order valence-electron chi connectivity index (χ1n) is 17.0. The van der Waals surface area contributed by atoms with Gasteiger partial charge in [0.2, 0.25) is 0 Å². The number of aryl methyl sites for hydroxylation is 1. The van der Waals surface area contributed by atoms with Crippen molar-refractivity contribution >= 4 is 16.7 Å². The van der Waals surface area contributed by atoms with E-state index in [4.69, 9.17) is 5.10 Å². The van der Waals surface area contributed by atoms with Crippen LogP contribution >= 0.6 is 0 Å². The Kier molecular flexibility index (Phi) is 8.74. The molecule has 0 bridgehead atoms. The molecule has 4 aromatic rings. The number of benzene rings is 3. The van der Waals surface area contributed by atoms with Crippen LogP contribution in [0.5, 0.6) is 0 Å². The molecule has 3 heterocycles. The summed E-state index contributed by atoms with van der Waals surface area (Å²) >= 11 is 0. The van der Waals surface area contributed by atoms with Crippen LogP contribution in [0.25, 0.3) is 22.0 Å². The number of carbonyl (C=O) groups is 1. The molecule has 1 saturated carbocycles. The summed E-state index contributed by atoms with van der Waals surface area (Å²) in [4.78, 5) is 17.2. The van der Waals surface area contributed by atoms with Gasteiger partial charge in [-0.1, -0.05) is 73.9 Å². The minimum absolute atomic E-state index is 0.131. The van der Waals surface area contributed by atoms with Gasteiger partial charge in [-0.05, 0) is 85.6 Å². The second kappa shape index (κ2) is 13.1. The van der Waals surface area contributed by atoms with Crippen molar-refractivity contribution in [3.63, 3.8) is 0 Å². The molecule has 2 saturated heterocycles. The van der Waals surface area contributed by atoms with Gasteiger partial charge in [0.25, 0.3) is 0 Å². The van der Waals surface area contributed by atoms with Gasteiger partial charge in [-0.2, -0.15) is 5.10 Å². The molecule has 236 valence electrons. The molecule has 0 radical (unpaired) electrons. The maximum absolute atomic E-state index is 14.3. The summed E-state index contributed by atoms with van der Waals surface area (Å²) < 4.78 is 16.5. The monoisotopic (exact) mass is 608 g/mol. The lowest BCUT2D eigenvalue weighted by Gasteiger charge is -2.35. The van der Waals surface area contributed by atoms with Crippen molar-refractivity contribution in [3.8, 4) is 11.3 Å². The van der Waals surface area contributed by atoms with Crippen molar-refractivity contribution in [1.29, 1.82) is 0 Å². The number of aromatic nitrogens is 2. The van der Waals surface area contributed by atoms with E-state index in [9.17, 15) is 14.3 Å². The standard InChI is InChI=1S/C38H45FN4O2/c1-2-43-36(22-35(40-43)33-15-7-11-27-10-3-4-14-32(27)33)28-16-18-41(19-17-28)23-30-24-42(37(38(44)45)20-26-8-5-9-26)25-34(30)29-12-6-13-31(39)21-29/h3-4,6-7,10-15,21-22,26,28,30,34,37H,2,5,8-9,16-20,23-25H2,1H3,(H,44,45). The third-order valence-electron chi connectivity index (χ3n) is 10.9. The maximum Gasteiger partial charge on any atom is 0.320 e. The Morgan fingerprint density at radius 1 is 0.978 bits per heavy atom. The fraction of sp³-hybridized carbons (Fsp3) is 0.474. The van der Waals surface area contributed by atoms with Gasteiger partial charge < -0.3 is 10.0 Å². The van der Waals surface area contributed by atoms with E-state index in [1.165, 1.54) is 34.5 Å². The molecule has 3 atom stereocenters. The Morgan fingerprint density at radius 2 is 1.76 bits per heavy atom. The Hall–Kier alpha value is -3.55. The summed E-state index contributed by atoms with van der Waals surface area (Å²) in [6.45, 7) is 7.36. The number of piperidine rings is 1. The van der Waals surface area contributed by atoms with Crippen LogP contribution in [0.3, 0.4) is 0 Å². The Morgan fingerprint density at radius 3 is 2.49 bits per heavy atom. The molecule has 1 aromatic heterocycles. The predicted octanol–water partition coefficient (Wildman–Crippen LogP) is 7.40. The molecule has 3 aliphatic rings. The zero-order valence-electron chi connectivity index (χ0n) is 26.3. The van der Waals surface area contributed by atoms with Crippen molar-refractivity contribution < 1.29 is 14.3 Å². The topological polar surface area (TPSA) is 61.6 Å². The SMILES string of the molecule is CCn1nc(-c2cccc3ccccc23)cc1C1CCN(CC2CN(C(CC3CCC3)C(=O)O)CC2c2cccc(F)c2)CC1. The first-order valence-corrected chi connectivity index (χ1v) is 17.0. The lowest BCUT2D eigenvalue weighted by molar-refractivity contribution is -0.144. The minimum Gasteiger partial charge on any atom is -0.480 e. The van der Waals surface area contributed by atoms with E-state index in [-0.39, 0.29) is 17.7 Å². The molecule has 1 N–H and O–H groups in total. The summed E-state index contributed by atoms with van der Waals surface area (Å²) in [5.41, 5.74) is 4.55. The molecule has 7 heteroatoms. The van der Waals surface area contributed by atoms with E-state index in [1.807, 2.05) is 6.07 Å². The fourth-order valence-electron chi connectivity index (χ4n) is 8.25. The zero-order chi connectivity index (χ0) is 30.9. The third kappa shape index (κ3) is 6.30. The molecule has 1 aliphatic carbocycles. The van der Waals surface area contributed by atoms with E-state index < -0.39 is 12.0 Å². The highest BCUT2D eigenvalue weighted by Gasteiger charge is 2.41. The Bertz CT molecular complexity index is 1630. The van der Waals surface area contributed by atoms with Gasteiger partial charge in [-0.3, -0.25) is 14.4 Å². The van der Waals surface area contributed by atoms with Crippen LogP contribution < -0.4 is 0 Å². The van der Waals surface area contributed by atoms with Gasteiger partial charge in [-0.25, -0.2) is 4.39 Å². The molecule has 0 spiro atoms. The number of halogens is 1. The van der Waals surface area contributed by atoms with Crippen molar-refractivity contribution in [1.82, 2.24) is 19.6 Å². The van der Waals surface area contributed by atoms with Crippen LogP contribution in [0.1, 0.15) is 68.5 Å². The normalized spacial score (nSPS) is 22.5. The number of fused-ring (bicyclic) bond motifs is 1. The molecule has 7 rings (SSSR count). The lowest BCUT2D eigenvalue weighted by Crippen LogP contribution is -2.43. The summed E-state index contributed by atoms with van der Waals surface area (Å²) in [5.74, 6) is 0.448. The molecule has 2 aliphatic heterocycles. The highest BCUT2D eigenvalue weighted by molar-refractivity contribution is 5.95. The average Bonchev–Trinajstić information content (AvgIpc) is 3.65. The van der Waals surface area contributed by atoms with E-state index in [0.717, 1.165) is 76.1 Å². The molecule has 3 fully saturated rings. The largest absolute Gasteiger partial charge is 0.480 e. The van der Waals surface area contributed by atoms with Crippen molar-refractivity contribution in [3.05, 3.63) is 89.9 Å². The second-order valence-corrected chi connectivity index (χ2v) is 13.6. The van der Waals surface area contributed by atoms with Crippen molar-refractivity contribution in [2.45, 2.75) is 69.9 Å². The van der Waals surface area contributed by atoms with Gasteiger partial charge in [0.15, 0.2) is 0 Å². The maximum atomic E-state index is 14.3. The summed E-state index contributed by atoms with van der Waals surface area (Å²) in [6, 6.07) is 23.8. The number of rotatable bonds is 10. The molecule has 3 aromatic carbocycles. The first-order chi connectivity index (χ1) is 22.0. The Balaban J connectivity index is 1.05. The minimum atomic E-state index is -0.711. The summed E-state index contributed by atoms with van der Waals surface area (Å²) in [7, 11) is 0. The highest BCUT2D eigenvalue weighted by Crippen LogP contribution is 2.39. The highest BCUT2D eigenvalue weighted by atomic mass is 19.1. The van der Waals surface area contributed by atoms with Crippen LogP contribution in [0.2, 0.25) is 0 Å². The average molecular weight is 609 g/mol. The van der Waals surface area contributed by atoms with Gasteiger partial charge in [-0.15, -0.1) is 0 Å². The van der Waals surface area contributed by atoms with Gasteiger partial charge in [0, 0.05) is 49.3 Å². The van der Waals surface area contributed by atoms with Crippen LogP contribution in [-0.4, -0.2) is 69.4 Å². The number of hydrogen-bond acceptors (Lipinski definition) is 4. The third-order valence-corrected chi connectivity index (χ3v) is 10.9. The fourth-order valence-corrected chi connectivity index (χ4v) is 8.25. The number of nitrogens with zero attached hydrogens (tertiary/aromatic N) is 4. The van der Waals surface area contributed by atoms with E-state index in [2.05, 4.69) is 69.9 Å². The molecule has 0 amide bonds. The van der Waals surface area contributed by atoms with Crippen LogP contribution in [0.15, 0.2) is 72.8 Å².